The minimum absolute atomic E-state index is 0.0803. The first kappa shape index (κ1) is 42.3. The zero-order valence-corrected chi connectivity index (χ0v) is 31.1. The van der Waals surface area contributed by atoms with Gasteiger partial charge in [0.15, 0.2) is 17.7 Å². The van der Waals surface area contributed by atoms with Crippen LogP contribution in [0.2, 0.25) is 0 Å². The summed E-state index contributed by atoms with van der Waals surface area (Å²) in [6.07, 6.45) is -4.45. The van der Waals surface area contributed by atoms with Crippen molar-refractivity contribution in [3.8, 4) is 0 Å². The SMILES string of the molecule is CCC1OC(=O)C(C)(F)C(=O)[C@H](C)[C@@H](OC(C)OC(C)CC(C)N(C)C)C(O)C[C@@H](C)C(=O)[C@H](C)[C@H]2N(CCCCN=[N+]=[N-])C(=O)O[C@]12C. The van der Waals surface area contributed by atoms with Gasteiger partial charge in [-0.2, -0.15) is 0 Å². The molecule has 6 unspecified atom stereocenters. The standard InChI is InChI=1S/C34H58FN5O9/c1-12-26-34(9)29(40(32(45)49-34)16-14-13-15-37-38-36)22(5)27(42)19(2)17-25(41)28(23(6)30(43)33(8,35)31(44)48-26)47-24(7)46-21(4)18-20(3)39(10)11/h19-26,28-29,41H,12-18H2,1-11H3/t19-,20?,21?,22+,23-,24?,25?,26?,28-,29-,33?,34-/m1/s1. The normalized spacial score (nSPS) is 35.1. The van der Waals surface area contributed by atoms with Crippen LogP contribution in [0.5, 0.6) is 0 Å². The zero-order valence-electron chi connectivity index (χ0n) is 31.1. The highest BCUT2D eigenvalue weighted by molar-refractivity contribution is 6.07. The molecule has 2 rings (SSSR count). The number of Topliss-reactive ketones (excluding diaryl/α,β-unsaturated/α-hetero) is 2. The maximum Gasteiger partial charge on any atom is 0.410 e. The topological polar surface area (TPSA) is 181 Å². The number of esters is 1. The summed E-state index contributed by atoms with van der Waals surface area (Å²) < 4.78 is 40.0. The van der Waals surface area contributed by atoms with Crippen molar-refractivity contribution in [3.63, 3.8) is 0 Å². The maximum atomic E-state index is 16.4. The lowest BCUT2D eigenvalue weighted by Gasteiger charge is -2.41. The van der Waals surface area contributed by atoms with Crippen molar-refractivity contribution in [1.29, 1.82) is 0 Å². The van der Waals surface area contributed by atoms with Gasteiger partial charge in [-0.15, -0.1) is 0 Å². The number of ketones is 2. The minimum Gasteiger partial charge on any atom is -0.455 e. The van der Waals surface area contributed by atoms with Gasteiger partial charge in [0.05, 0.1) is 24.4 Å². The van der Waals surface area contributed by atoms with Crippen LogP contribution in [-0.4, -0.2) is 120 Å². The number of carbonyl (C=O) groups excluding carboxylic acids is 4. The van der Waals surface area contributed by atoms with E-state index < -0.39 is 77.5 Å². The number of cyclic esters (lactones) is 1. The first-order chi connectivity index (χ1) is 22.7. The van der Waals surface area contributed by atoms with E-state index >= 15 is 4.39 Å². The molecule has 14 nitrogen and oxygen atoms in total. The monoisotopic (exact) mass is 699 g/mol. The van der Waals surface area contributed by atoms with Crippen LogP contribution >= 0.6 is 0 Å². The van der Waals surface area contributed by atoms with E-state index in [4.69, 9.17) is 24.5 Å². The molecule has 2 heterocycles. The van der Waals surface area contributed by atoms with Gasteiger partial charge in [0.1, 0.15) is 11.9 Å². The number of rotatable bonds is 13. The molecule has 280 valence electrons. The molecule has 0 aromatic heterocycles. The highest BCUT2D eigenvalue weighted by atomic mass is 19.1. The van der Waals surface area contributed by atoms with Crippen LogP contribution in [0.3, 0.4) is 0 Å². The van der Waals surface area contributed by atoms with Crippen molar-refractivity contribution < 1.29 is 47.6 Å². The molecule has 1 N–H and O–H groups in total. The molecule has 0 radical (unpaired) electrons. The van der Waals surface area contributed by atoms with E-state index in [0.717, 1.165) is 6.92 Å². The second-order valence-corrected chi connectivity index (χ2v) is 14.4. The molecule has 12 atom stereocenters. The van der Waals surface area contributed by atoms with E-state index in [1.165, 1.54) is 18.7 Å². The van der Waals surface area contributed by atoms with Crippen molar-refractivity contribution in [3.05, 3.63) is 10.4 Å². The number of azide groups is 1. The number of halogens is 1. The summed E-state index contributed by atoms with van der Waals surface area (Å²) >= 11 is 0. The van der Waals surface area contributed by atoms with Crippen LogP contribution in [0.1, 0.15) is 94.4 Å². The van der Waals surface area contributed by atoms with Crippen molar-refractivity contribution in [1.82, 2.24) is 9.80 Å². The quantitative estimate of drug-likeness (QED) is 0.0523. The number of amides is 1. The molecule has 0 saturated carbocycles. The third-order valence-corrected chi connectivity index (χ3v) is 10.2. The number of hydrogen-bond acceptors (Lipinski definition) is 11. The number of nitrogens with zero attached hydrogens (tertiary/aromatic N) is 5. The van der Waals surface area contributed by atoms with E-state index in [9.17, 15) is 24.3 Å². The smallest absolute Gasteiger partial charge is 0.410 e. The van der Waals surface area contributed by atoms with Crippen LogP contribution in [0.4, 0.5) is 9.18 Å². The van der Waals surface area contributed by atoms with Crippen molar-refractivity contribution in [2.24, 2.45) is 22.9 Å². The van der Waals surface area contributed by atoms with Gasteiger partial charge in [0, 0.05) is 41.8 Å². The minimum atomic E-state index is -3.15. The molecule has 2 aliphatic heterocycles. The van der Waals surface area contributed by atoms with E-state index in [2.05, 4.69) is 10.0 Å². The van der Waals surface area contributed by atoms with E-state index in [1.807, 2.05) is 32.8 Å². The molecular formula is C34H58FN5O9. The predicted octanol–water partition coefficient (Wildman–Crippen LogP) is 4.99. The highest BCUT2D eigenvalue weighted by Gasteiger charge is 2.60. The number of carbonyl (C=O) groups is 4. The third kappa shape index (κ3) is 10.1. The Labute approximate surface area is 289 Å². The lowest BCUT2D eigenvalue weighted by Crippen LogP contribution is -2.59. The Balaban J connectivity index is 2.53. The molecule has 0 bridgehead atoms. The lowest BCUT2D eigenvalue weighted by atomic mass is 9.75. The number of aliphatic hydroxyl groups is 1. The predicted molar refractivity (Wildman–Crippen MR) is 179 cm³/mol. The number of ether oxygens (including phenoxy) is 4. The molecule has 2 aliphatic rings. The second-order valence-electron chi connectivity index (χ2n) is 14.4. The number of hydrogen-bond donors (Lipinski definition) is 1. The number of unbranched alkanes of at least 4 members (excludes halogenated alkanes) is 1. The average Bonchev–Trinajstić information content (AvgIpc) is 3.28. The van der Waals surface area contributed by atoms with Crippen LogP contribution in [0.15, 0.2) is 5.11 Å². The Hall–Kier alpha value is -2.84. The Morgan fingerprint density at radius 1 is 1.12 bits per heavy atom. The van der Waals surface area contributed by atoms with Gasteiger partial charge < -0.3 is 33.9 Å². The van der Waals surface area contributed by atoms with Crippen molar-refractivity contribution in [2.45, 2.75) is 148 Å². The molecule has 49 heavy (non-hydrogen) atoms. The largest absolute Gasteiger partial charge is 0.455 e. The van der Waals surface area contributed by atoms with Crippen molar-refractivity contribution >= 4 is 23.6 Å². The van der Waals surface area contributed by atoms with Crippen LogP contribution in [0.25, 0.3) is 10.4 Å². The summed E-state index contributed by atoms with van der Waals surface area (Å²) in [6.45, 7) is 14.5. The fourth-order valence-electron chi connectivity index (χ4n) is 7.10. The Morgan fingerprint density at radius 2 is 1.76 bits per heavy atom. The zero-order chi connectivity index (χ0) is 37.4. The van der Waals surface area contributed by atoms with Gasteiger partial charge in [-0.3, -0.25) is 9.59 Å². The average molecular weight is 700 g/mol. The van der Waals surface area contributed by atoms with Crippen LogP contribution in [0, 0.1) is 17.8 Å². The Kier molecular flexibility index (Phi) is 15.5. The molecule has 0 spiro atoms. The van der Waals surface area contributed by atoms with Gasteiger partial charge in [-0.05, 0) is 86.3 Å². The summed E-state index contributed by atoms with van der Waals surface area (Å²) in [5.74, 6) is -5.96. The summed E-state index contributed by atoms with van der Waals surface area (Å²) in [5, 5.41) is 15.0. The van der Waals surface area contributed by atoms with Gasteiger partial charge >= 0.3 is 12.1 Å². The van der Waals surface area contributed by atoms with E-state index in [-0.39, 0.29) is 43.9 Å². The molecule has 0 aliphatic carbocycles. The Morgan fingerprint density at radius 3 is 2.33 bits per heavy atom. The maximum absolute atomic E-state index is 16.4. The highest BCUT2D eigenvalue weighted by Crippen LogP contribution is 2.42. The van der Waals surface area contributed by atoms with E-state index in [0.29, 0.717) is 19.3 Å². The first-order valence-corrected chi connectivity index (χ1v) is 17.4. The number of alkyl halides is 1. The first-order valence-electron chi connectivity index (χ1n) is 17.4. The fourth-order valence-corrected chi connectivity index (χ4v) is 7.10. The van der Waals surface area contributed by atoms with Crippen LogP contribution in [-0.2, 0) is 33.3 Å². The molecule has 2 fully saturated rings. The van der Waals surface area contributed by atoms with Gasteiger partial charge in [-0.1, -0.05) is 32.8 Å². The summed E-state index contributed by atoms with van der Waals surface area (Å²) in [5.41, 5.74) is 3.86. The number of aliphatic hydroxyl groups excluding tert-OH is 1. The molecule has 15 heteroatoms. The molecule has 0 aromatic carbocycles. The Bertz CT molecular complexity index is 1210. The number of fused-ring (bicyclic) bond motifs is 1. The molecule has 0 aromatic rings. The molecule has 1 amide bonds. The summed E-state index contributed by atoms with van der Waals surface area (Å²) in [4.78, 5) is 60.8. The summed E-state index contributed by atoms with van der Waals surface area (Å²) in [7, 11) is 3.90. The van der Waals surface area contributed by atoms with Gasteiger partial charge in [0.25, 0.3) is 5.67 Å². The second kappa shape index (κ2) is 17.9. The molecular weight excluding hydrogens is 641 g/mol. The van der Waals surface area contributed by atoms with Crippen LogP contribution < -0.4 is 0 Å². The fraction of sp³-hybridized carbons (Fsp3) is 0.882. The van der Waals surface area contributed by atoms with Crippen molar-refractivity contribution in [2.75, 3.05) is 27.2 Å². The van der Waals surface area contributed by atoms with Gasteiger partial charge in [-0.25, -0.2) is 14.0 Å². The summed E-state index contributed by atoms with van der Waals surface area (Å²) in [6, 6.07) is -0.753. The lowest BCUT2D eigenvalue weighted by molar-refractivity contribution is -0.216. The molecule has 2 saturated heterocycles. The third-order valence-electron chi connectivity index (χ3n) is 10.2. The van der Waals surface area contributed by atoms with Gasteiger partial charge in [0.2, 0.25) is 0 Å². The van der Waals surface area contributed by atoms with E-state index in [1.54, 1.807) is 27.7 Å².